The molecule has 1 aromatic heterocycles. The van der Waals surface area contributed by atoms with Crippen molar-refractivity contribution in [3.8, 4) is 0 Å². The van der Waals surface area contributed by atoms with Crippen molar-refractivity contribution in [1.82, 2.24) is 5.43 Å². The SMILES string of the molecule is NNC(=O)c1cccc2sccc12. The van der Waals surface area contributed by atoms with E-state index in [0.717, 1.165) is 10.1 Å². The lowest BCUT2D eigenvalue weighted by Crippen LogP contribution is -2.29. The number of fused-ring (bicyclic) bond motifs is 1. The molecule has 4 heteroatoms. The van der Waals surface area contributed by atoms with E-state index in [0.29, 0.717) is 5.56 Å². The molecular formula is C9H8N2OS. The van der Waals surface area contributed by atoms with Crippen molar-refractivity contribution in [2.45, 2.75) is 0 Å². The molecule has 0 unspecified atom stereocenters. The van der Waals surface area contributed by atoms with Gasteiger partial charge in [0.05, 0.1) is 0 Å². The molecule has 0 aliphatic heterocycles. The molecule has 3 nitrogen and oxygen atoms in total. The Balaban J connectivity index is 2.67. The number of nitrogen functional groups attached to an aromatic ring is 1. The van der Waals surface area contributed by atoms with E-state index in [4.69, 9.17) is 5.84 Å². The normalized spacial score (nSPS) is 10.2. The summed E-state index contributed by atoms with van der Waals surface area (Å²) in [5.41, 5.74) is 2.76. The van der Waals surface area contributed by atoms with Crippen molar-refractivity contribution in [3.05, 3.63) is 35.2 Å². The number of rotatable bonds is 1. The van der Waals surface area contributed by atoms with Gasteiger partial charge in [-0.1, -0.05) is 6.07 Å². The Morgan fingerprint density at radius 1 is 1.38 bits per heavy atom. The highest BCUT2D eigenvalue weighted by molar-refractivity contribution is 7.17. The number of hydrazine groups is 1. The number of benzene rings is 1. The first kappa shape index (κ1) is 8.22. The topological polar surface area (TPSA) is 55.1 Å². The molecule has 0 aliphatic rings. The summed E-state index contributed by atoms with van der Waals surface area (Å²) in [5, 5.41) is 2.91. The van der Waals surface area contributed by atoms with E-state index in [1.807, 2.05) is 23.6 Å². The Kier molecular flexibility index (Phi) is 2.00. The van der Waals surface area contributed by atoms with Crippen LogP contribution in [0.15, 0.2) is 29.6 Å². The lowest BCUT2D eigenvalue weighted by molar-refractivity contribution is 0.0955. The minimum Gasteiger partial charge on any atom is -0.290 e. The number of hydrogen-bond acceptors (Lipinski definition) is 3. The predicted octanol–water partition coefficient (Wildman–Crippen LogP) is 1.50. The molecule has 2 aromatic rings. The summed E-state index contributed by atoms with van der Waals surface area (Å²) in [7, 11) is 0. The average molecular weight is 192 g/mol. The predicted molar refractivity (Wildman–Crippen MR) is 53.5 cm³/mol. The van der Waals surface area contributed by atoms with Crippen LogP contribution >= 0.6 is 11.3 Å². The molecule has 0 atom stereocenters. The largest absolute Gasteiger partial charge is 0.290 e. The van der Waals surface area contributed by atoms with Crippen LogP contribution in [0.2, 0.25) is 0 Å². The van der Waals surface area contributed by atoms with Crippen molar-refractivity contribution in [1.29, 1.82) is 0 Å². The van der Waals surface area contributed by atoms with Crippen LogP contribution in [0.4, 0.5) is 0 Å². The first-order valence-corrected chi connectivity index (χ1v) is 4.68. The molecule has 66 valence electrons. The van der Waals surface area contributed by atoms with Gasteiger partial charge in [-0.25, -0.2) is 5.84 Å². The molecule has 0 saturated heterocycles. The van der Waals surface area contributed by atoms with Gasteiger partial charge in [0.1, 0.15) is 0 Å². The van der Waals surface area contributed by atoms with Gasteiger partial charge < -0.3 is 0 Å². The fourth-order valence-electron chi connectivity index (χ4n) is 1.27. The number of thiophene rings is 1. The zero-order chi connectivity index (χ0) is 9.26. The summed E-state index contributed by atoms with van der Waals surface area (Å²) in [6.45, 7) is 0. The van der Waals surface area contributed by atoms with Crippen molar-refractivity contribution >= 4 is 27.3 Å². The number of nitrogens with one attached hydrogen (secondary N) is 1. The van der Waals surface area contributed by atoms with Crippen molar-refractivity contribution in [3.63, 3.8) is 0 Å². The maximum atomic E-state index is 11.3. The monoisotopic (exact) mass is 192 g/mol. The number of hydrogen-bond donors (Lipinski definition) is 2. The van der Waals surface area contributed by atoms with Crippen LogP contribution in [0.3, 0.4) is 0 Å². The fraction of sp³-hybridized carbons (Fsp3) is 0. The van der Waals surface area contributed by atoms with E-state index in [1.54, 1.807) is 17.4 Å². The van der Waals surface area contributed by atoms with Crippen LogP contribution in [0.25, 0.3) is 10.1 Å². The van der Waals surface area contributed by atoms with E-state index >= 15 is 0 Å². The van der Waals surface area contributed by atoms with E-state index in [-0.39, 0.29) is 5.91 Å². The van der Waals surface area contributed by atoms with Gasteiger partial charge in [0.2, 0.25) is 0 Å². The second-order valence-corrected chi connectivity index (χ2v) is 3.56. The maximum absolute atomic E-state index is 11.3. The van der Waals surface area contributed by atoms with Crippen LogP contribution in [-0.2, 0) is 0 Å². The van der Waals surface area contributed by atoms with E-state index < -0.39 is 0 Å². The molecule has 0 aliphatic carbocycles. The molecule has 0 fully saturated rings. The summed E-state index contributed by atoms with van der Waals surface area (Å²) in [6, 6.07) is 7.51. The summed E-state index contributed by atoms with van der Waals surface area (Å²) in [6.07, 6.45) is 0. The molecule has 2 rings (SSSR count). The standard InChI is InChI=1S/C9H8N2OS/c10-11-9(12)7-2-1-3-8-6(7)4-5-13-8/h1-5H,10H2,(H,11,12). The summed E-state index contributed by atoms with van der Waals surface area (Å²) in [5.74, 6) is 4.82. The Morgan fingerprint density at radius 3 is 3.00 bits per heavy atom. The molecule has 0 bridgehead atoms. The van der Waals surface area contributed by atoms with E-state index in [1.165, 1.54) is 0 Å². The van der Waals surface area contributed by atoms with Crippen LogP contribution in [0.5, 0.6) is 0 Å². The first-order valence-electron chi connectivity index (χ1n) is 3.80. The minimum absolute atomic E-state index is 0.246. The molecule has 0 spiro atoms. The van der Waals surface area contributed by atoms with Gasteiger partial charge in [0, 0.05) is 15.6 Å². The van der Waals surface area contributed by atoms with Gasteiger partial charge in [-0.05, 0) is 23.6 Å². The molecule has 1 amide bonds. The molecule has 0 radical (unpaired) electrons. The molecular weight excluding hydrogens is 184 g/mol. The number of carbonyl (C=O) groups is 1. The highest BCUT2D eigenvalue weighted by atomic mass is 32.1. The van der Waals surface area contributed by atoms with Crippen molar-refractivity contribution in [2.24, 2.45) is 5.84 Å². The molecule has 3 N–H and O–H groups in total. The smallest absolute Gasteiger partial charge is 0.265 e. The fourth-order valence-corrected chi connectivity index (χ4v) is 2.08. The lowest BCUT2D eigenvalue weighted by Gasteiger charge is -2.00. The van der Waals surface area contributed by atoms with Crippen LogP contribution in [0.1, 0.15) is 10.4 Å². The maximum Gasteiger partial charge on any atom is 0.265 e. The molecule has 13 heavy (non-hydrogen) atoms. The van der Waals surface area contributed by atoms with E-state index in [9.17, 15) is 4.79 Å². The second kappa shape index (κ2) is 3.16. The van der Waals surface area contributed by atoms with Gasteiger partial charge in [-0.3, -0.25) is 10.2 Å². The van der Waals surface area contributed by atoms with Gasteiger partial charge in [-0.15, -0.1) is 11.3 Å². The Labute approximate surface area is 79.1 Å². The Morgan fingerprint density at radius 2 is 2.23 bits per heavy atom. The van der Waals surface area contributed by atoms with Crippen LogP contribution in [-0.4, -0.2) is 5.91 Å². The Bertz CT molecular complexity index is 450. The minimum atomic E-state index is -0.246. The van der Waals surface area contributed by atoms with Crippen molar-refractivity contribution < 1.29 is 4.79 Å². The van der Waals surface area contributed by atoms with Crippen LogP contribution < -0.4 is 11.3 Å². The average Bonchev–Trinajstić information content (AvgIpc) is 2.63. The van der Waals surface area contributed by atoms with Crippen molar-refractivity contribution in [2.75, 3.05) is 0 Å². The molecule has 1 heterocycles. The number of carbonyl (C=O) groups excluding carboxylic acids is 1. The highest BCUT2D eigenvalue weighted by Gasteiger charge is 2.07. The Hall–Kier alpha value is -1.39. The lowest BCUT2D eigenvalue weighted by atomic mass is 10.1. The summed E-state index contributed by atoms with van der Waals surface area (Å²) >= 11 is 1.61. The van der Waals surface area contributed by atoms with Gasteiger partial charge in [0.25, 0.3) is 5.91 Å². The van der Waals surface area contributed by atoms with Crippen LogP contribution in [0, 0.1) is 0 Å². The highest BCUT2D eigenvalue weighted by Crippen LogP contribution is 2.23. The van der Waals surface area contributed by atoms with Gasteiger partial charge in [0.15, 0.2) is 0 Å². The quantitative estimate of drug-likeness (QED) is 0.409. The second-order valence-electron chi connectivity index (χ2n) is 2.61. The van der Waals surface area contributed by atoms with Gasteiger partial charge >= 0.3 is 0 Å². The third kappa shape index (κ3) is 1.30. The number of amides is 1. The molecule has 1 aromatic carbocycles. The first-order chi connectivity index (χ1) is 6.33. The van der Waals surface area contributed by atoms with Gasteiger partial charge in [-0.2, -0.15) is 0 Å². The third-order valence-corrected chi connectivity index (χ3v) is 2.75. The zero-order valence-corrected chi connectivity index (χ0v) is 7.60. The third-order valence-electron chi connectivity index (χ3n) is 1.87. The number of nitrogens with two attached hydrogens (primary N) is 1. The summed E-state index contributed by atoms with van der Waals surface area (Å²) < 4.78 is 1.10. The summed E-state index contributed by atoms with van der Waals surface area (Å²) in [4.78, 5) is 11.3. The zero-order valence-electron chi connectivity index (χ0n) is 6.78. The molecule has 0 saturated carbocycles. The van der Waals surface area contributed by atoms with E-state index in [2.05, 4.69) is 5.43 Å².